The van der Waals surface area contributed by atoms with Gasteiger partial charge in [0.05, 0.1) is 39.3 Å². The monoisotopic (exact) mass is 1090 g/mol. The number of carboxylic acids is 1. The first kappa shape index (κ1) is 55.6. The number of carboxylic acid groups (broad SMARTS) is 1. The van der Waals surface area contributed by atoms with Crippen LogP contribution in [0.5, 0.6) is 0 Å². The minimum atomic E-state index is -1.14. The van der Waals surface area contributed by atoms with Crippen LogP contribution in [0.4, 0.5) is 21.2 Å². The van der Waals surface area contributed by atoms with Gasteiger partial charge >= 0.3 is 18.0 Å². The lowest BCUT2D eigenvalue weighted by atomic mass is 9.96. The van der Waals surface area contributed by atoms with E-state index in [1.54, 1.807) is 36.3 Å². The predicted molar refractivity (Wildman–Crippen MR) is 287 cm³/mol. The first-order valence-corrected chi connectivity index (χ1v) is 24.7. The largest absolute Gasteiger partial charge is 0.478 e. The smallest absolute Gasteiger partial charge is 0.337 e. The Hall–Kier alpha value is -8.11. The van der Waals surface area contributed by atoms with Crippen molar-refractivity contribution in [1.82, 2.24) is 56.5 Å². The Morgan fingerprint density at radius 2 is 1.05 bits per heavy atom. The van der Waals surface area contributed by atoms with E-state index in [2.05, 4.69) is 69.7 Å². The number of aryl methyl sites for hydroxylation is 4. The Morgan fingerprint density at radius 3 is 1.49 bits per heavy atom. The standard InChI is InChI=1S/C26H26ClN7O3.C21H18ClN5O3.C5H10N2O.ClH/c1-34-11-9-21(25(34)36)30-24(35)17-12-20(27)23(29-14-17)32-33-26(37)31-22-18-5-3-2-4-15(18)6-7-16-13-28-10-8-19(16)22;22-17-9-14(20(28)29)11-24-19(17)26-27-21(30)25-18-15-4-2-1-3-12(15)5-6-13-10-23-8-7-16(13)18;1-7-3-2-4(6)5(7)8;/h2-5,8,10,12-14,21-22H,6-7,9,11H2,1H3,(H,29,32)(H,30,35)(H2,31,33,37);1-4,7-11,18H,5-6H2,(H,24,26)(H,28,29)(H2,25,27,30);4H,2-3,6H2,1H3;1H. The fourth-order valence-corrected chi connectivity index (χ4v) is 9.47. The number of benzene rings is 2. The third-order valence-corrected chi connectivity index (χ3v) is 13.7. The maximum atomic E-state index is 12.9. The van der Waals surface area contributed by atoms with Crippen molar-refractivity contribution in [1.29, 1.82) is 0 Å². The number of fused-ring (bicyclic) bond motifs is 4. The lowest BCUT2D eigenvalue weighted by Crippen LogP contribution is -2.42. The number of likely N-dealkylation sites (N-methyl/N-ethyl adjacent to an activating group) is 2. The zero-order valence-electron chi connectivity index (χ0n) is 41.2. The minimum Gasteiger partial charge on any atom is -0.478 e. The molecule has 21 nitrogen and oxygen atoms in total. The number of urea groups is 2. The number of pyridine rings is 4. The quantitative estimate of drug-likeness (QED) is 0.0804. The molecule has 6 aromatic rings. The van der Waals surface area contributed by atoms with E-state index in [0.717, 1.165) is 78.2 Å². The third kappa shape index (κ3) is 13.4. The molecule has 0 saturated carbocycles. The molecule has 2 aliphatic carbocycles. The van der Waals surface area contributed by atoms with Crippen molar-refractivity contribution >= 4 is 83.0 Å². The van der Waals surface area contributed by atoms with E-state index < -0.39 is 30.0 Å². The molecular formula is C52H55Cl3N14O7. The van der Waals surface area contributed by atoms with E-state index in [4.69, 9.17) is 34.0 Å². The van der Waals surface area contributed by atoms with Crippen LogP contribution in [0.1, 0.15) is 90.1 Å². The van der Waals surface area contributed by atoms with E-state index in [1.165, 1.54) is 29.5 Å². The molecule has 4 aliphatic rings. The number of aromatic carboxylic acids is 1. The van der Waals surface area contributed by atoms with E-state index in [-0.39, 0.29) is 75.2 Å². The summed E-state index contributed by atoms with van der Waals surface area (Å²) in [4.78, 5) is 91.6. The van der Waals surface area contributed by atoms with Crippen molar-refractivity contribution in [2.45, 2.75) is 62.7 Å². The van der Waals surface area contributed by atoms with Crippen molar-refractivity contribution in [3.8, 4) is 0 Å². The molecule has 4 atom stereocenters. The molecule has 7 amide bonds. The van der Waals surface area contributed by atoms with Gasteiger partial charge in [-0.3, -0.25) is 46.1 Å². The van der Waals surface area contributed by atoms with Crippen molar-refractivity contribution in [3.05, 3.63) is 176 Å². The van der Waals surface area contributed by atoms with Crippen LogP contribution in [0, 0.1) is 0 Å². The van der Waals surface area contributed by atoms with Crippen LogP contribution in [0.15, 0.2) is 110 Å². The van der Waals surface area contributed by atoms with Crippen molar-refractivity contribution in [2.24, 2.45) is 5.73 Å². The first-order valence-electron chi connectivity index (χ1n) is 23.9. The molecule has 76 heavy (non-hydrogen) atoms. The molecule has 24 heteroatoms. The number of aromatic nitrogens is 4. The van der Waals surface area contributed by atoms with Gasteiger partial charge in [-0.1, -0.05) is 71.7 Å². The van der Waals surface area contributed by atoms with E-state index >= 15 is 0 Å². The minimum absolute atomic E-state index is 0. The zero-order valence-corrected chi connectivity index (χ0v) is 43.5. The summed E-state index contributed by atoms with van der Waals surface area (Å²) in [6, 6.07) is 20.1. The summed E-state index contributed by atoms with van der Waals surface area (Å²) in [5.74, 6) is -1.32. The number of hydrogen-bond donors (Lipinski definition) is 9. The number of nitrogens with one attached hydrogen (secondary N) is 7. The van der Waals surface area contributed by atoms with Crippen LogP contribution < -0.4 is 43.4 Å². The molecule has 2 aromatic carbocycles. The fourth-order valence-electron chi connectivity index (χ4n) is 9.04. The number of nitrogens with zero attached hydrogens (tertiary/aromatic N) is 6. The van der Waals surface area contributed by atoms with Gasteiger partial charge in [-0.25, -0.2) is 24.4 Å². The number of amides is 7. The number of halogens is 3. The number of hydrazine groups is 2. The van der Waals surface area contributed by atoms with E-state index in [9.17, 15) is 28.8 Å². The second-order valence-electron chi connectivity index (χ2n) is 18.0. The van der Waals surface area contributed by atoms with Crippen LogP contribution in [0.2, 0.25) is 10.0 Å². The maximum absolute atomic E-state index is 12.9. The number of anilines is 2. The Morgan fingerprint density at radius 1 is 0.605 bits per heavy atom. The second kappa shape index (κ2) is 25.4. The highest BCUT2D eigenvalue weighted by molar-refractivity contribution is 6.33. The molecule has 4 unspecified atom stereocenters. The van der Waals surface area contributed by atoms with Crippen LogP contribution in [0.3, 0.4) is 0 Å². The first-order chi connectivity index (χ1) is 36.1. The lowest BCUT2D eigenvalue weighted by Gasteiger charge is -2.22. The van der Waals surface area contributed by atoms with E-state index in [1.807, 2.05) is 60.9 Å². The van der Waals surface area contributed by atoms with E-state index in [0.29, 0.717) is 13.0 Å². The van der Waals surface area contributed by atoms with Gasteiger partial charge < -0.3 is 36.6 Å². The molecule has 0 bridgehead atoms. The molecule has 10 rings (SSSR count). The summed E-state index contributed by atoms with van der Waals surface area (Å²) in [5, 5.41) is 17.9. The SMILES string of the molecule is CN1CCC(N)C1=O.CN1CCC(NC(=O)c2cnc(NNC(=O)NC3c4ccccc4CCc4cnccc43)c(Cl)c2)C1=O.Cl.O=C(NNc1ncc(C(=O)O)cc1Cl)NC1c2ccccc2CCc2cnccc21. The van der Waals surface area contributed by atoms with Gasteiger partial charge in [0.1, 0.15) is 6.04 Å². The predicted octanol–water partition coefficient (Wildman–Crippen LogP) is 5.54. The number of nitrogens with two attached hydrogens (primary N) is 1. The van der Waals surface area contributed by atoms with Crippen molar-refractivity contribution in [3.63, 3.8) is 0 Å². The number of carbonyl (C=O) groups is 6. The Bertz CT molecular complexity index is 3030. The molecule has 6 heterocycles. The highest BCUT2D eigenvalue weighted by atomic mass is 35.5. The summed E-state index contributed by atoms with van der Waals surface area (Å²) < 4.78 is 0. The second-order valence-corrected chi connectivity index (χ2v) is 18.8. The van der Waals surface area contributed by atoms with Crippen LogP contribution in [-0.4, -0.2) is 110 Å². The lowest BCUT2D eigenvalue weighted by molar-refractivity contribution is -0.128. The number of hydrogen-bond acceptors (Lipinski definition) is 13. The van der Waals surface area contributed by atoms with Crippen LogP contribution >= 0.6 is 35.6 Å². The van der Waals surface area contributed by atoms with Gasteiger partial charge in [0.15, 0.2) is 11.6 Å². The number of rotatable bonds is 9. The third-order valence-electron chi connectivity index (χ3n) is 13.1. The van der Waals surface area contributed by atoms with Crippen LogP contribution in [0.25, 0.3) is 0 Å². The zero-order chi connectivity index (χ0) is 53.2. The fraction of sp³-hybridized carbons (Fsp3) is 0.269. The Kier molecular flexibility index (Phi) is 18.6. The summed E-state index contributed by atoms with van der Waals surface area (Å²) in [6.45, 7) is 1.41. The Labute approximate surface area is 453 Å². The van der Waals surface area contributed by atoms with Gasteiger partial charge in [-0.15, -0.1) is 12.4 Å². The number of carbonyl (C=O) groups excluding carboxylic acids is 5. The highest BCUT2D eigenvalue weighted by Gasteiger charge is 2.31. The summed E-state index contributed by atoms with van der Waals surface area (Å²) in [7, 11) is 3.47. The molecule has 10 N–H and O–H groups in total. The maximum Gasteiger partial charge on any atom is 0.337 e. The molecule has 2 saturated heterocycles. The summed E-state index contributed by atoms with van der Waals surface area (Å²) in [6.07, 6.45) is 14.4. The molecule has 0 spiro atoms. The van der Waals surface area contributed by atoms with Gasteiger partial charge in [-0.05, 0) is 107 Å². The highest BCUT2D eigenvalue weighted by Crippen LogP contribution is 2.34. The van der Waals surface area contributed by atoms with Gasteiger partial charge in [0, 0.05) is 64.4 Å². The molecule has 4 aromatic heterocycles. The molecule has 2 aliphatic heterocycles. The number of likely N-dealkylation sites (tertiary alicyclic amines) is 2. The van der Waals surface area contributed by atoms with Gasteiger partial charge in [0.2, 0.25) is 11.8 Å². The average Bonchev–Trinajstić information content (AvgIpc) is 3.75. The summed E-state index contributed by atoms with van der Waals surface area (Å²) >= 11 is 12.4. The average molecular weight is 1090 g/mol. The van der Waals surface area contributed by atoms with Crippen molar-refractivity contribution < 1.29 is 33.9 Å². The summed E-state index contributed by atoms with van der Waals surface area (Å²) in [5.41, 5.74) is 24.5. The van der Waals surface area contributed by atoms with Crippen molar-refractivity contribution in [2.75, 3.05) is 38.0 Å². The van der Waals surface area contributed by atoms with Gasteiger partial charge in [-0.2, -0.15) is 0 Å². The molecular weight excluding hydrogens is 1040 g/mol. The normalized spacial score (nSPS) is 17.8. The van der Waals surface area contributed by atoms with Crippen LogP contribution in [-0.2, 0) is 35.3 Å². The molecule has 396 valence electrons. The molecule has 2 fully saturated rings. The topological polar surface area (TPSA) is 291 Å². The Balaban J connectivity index is 0.000000193. The van der Waals surface area contributed by atoms with Gasteiger partial charge in [0.25, 0.3) is 5.91 Å². The molecule has 0 radical (unpaired) electrons.